The lowest BCUT2D eigenvalue weighted by atomic mass is 10.1. The molecule has 124 valence electrons. The Morgan fingerprint density at radius 3 is 2.18 bits per heavy atom. The predicted molar refractivity (Wildman–Crippen MR) is 70.9 cm³/mol. The van der Waals surface area contributed by atoms with Crippen molar-refractivity contribution in [2.75, 3.05) is 6.54 Å². The molecule has 0 bridgehead atoms. The minimum Gasteiger partial charge on any atom is -0.504 e. The molecule has 0 fully saturated rings. The number of ether oxygens (including phenoxy) is 1. The summed E-state index contributed by atoms with van der Waals surface area (Å²) in [6.07, 6.45) is -5.70. The van der Waals surface area contributed by atoms with Gasteiger partial charge < -0.3 is 41.5 Å². The van der Waals surface area contributed by atoms with Crippen molar-refractivity contribution < 1.29 is 45.3 Å². The van der Waals surface area contributed by atoms with Crippen molar-refractivity contribution in [3.63, 3.8) is 0 Å². The summed E-state index contributed by atoms with van der Waals surface area (Å²) in [4.78, 5) is 22.0. The Bertz CT molecular complexity index is 533. The van der Waals surface area contributed by atoms with Crippen molar-refractivity contribution in [1.82, 2.24) is 0 Å². The molecule has 3 unspecified atom stereocenters. The zero-order chi connectivity index (χ0) is 16.2. The number of hydrogen-bond acceptors (Lipinski definition) is 8. The molecule has 9 N–H and O–H groups in total. The first kappa shape index (κ1) is 19.6. The molecule has 0 aliphatic rings. The van der Waals surface area contributed by atoms with Gasteiger partial charge in [0.2, 0.25) is 0 Å². The molecule has 0 aliphatic heterocycles. The van der Waals surface area contributed by atoms with Gasteiger partial charge in [0.05, 0.1) is 0 Å². The van der Waals surface area contributed by atoms with E-state index in [0.29, 0.717) is 0 Å². The Balaban J connectivity index is 0.00000441. The zero-order valence-electron chi connectivity index (χ0n) is 11.2. The van der Waals surface area contributed by atoms with Crippen LogP contribution in [0.3, 0.4) is 0 Å². The molecular formula is C12H17NO9. The molecule has 0 aliphatic carbocycles. The van der Waals surface area contributed by atoms with E-state index in [1.807, 2.05) is 0 Å². The smallest absolute Gasteiger partial charge is 0.339 e. The van der Waals surface area contributed by atoms with Gasteiger partial charge in [-0.15, -0.1) is 0 Å². The van der Waals surface area contributed by atoms with Crippen LogP contribution in [-0.2, 0) is 14.3 Å². The third-order valence-electron chi connectivity index (χ3n) is 2.64. The van der Waals surface area contributed by atoms with E-state index < -0.39 is 36.0 Å². The third kappa shape index (κ3) is 4.56. The molecule has 0 saturated carbocycles. The number of carboxylic acid groups (broad SMARTS) is 1. The normalized spacial score (nSPS) is 14.3. The lowest BCUT2D eigenvalue weighted by molar-refractivity contribution is -0.173. The number of benzene rings is 1. The third-order valence-corrected chi connectivity index (χ3v) is 2.64. The van der Waals surface area contributed by atoms with E-state index in [-0.39, 0.29) is 23.3 Å². The molecule has 10 heteroatoms. The van der Waals surface area contributed by atoms with E-state index in [2.05, 4.69) is 0 Å². The molecule has 0 heterocycles. The number of aliphatic hydroxyl groups excluding tert-OH is 2. The first-order valence-electron chi connectivity index (χ1n) is 5.79. The molecule has 1 rings (SSSR count). The van der Waals surface area contributed by atoms with Crippen molar-refractivity contribution in [1.29, 1.82) is 0 Å². The summed E-state index contributed by atoms with van der Waals surface area (Å²) in [6, 6.07) is 3.56. The van der Waals surface area contributed by atoms with E-state index in [0.717, 1.165) is 12.1 Å². The highest BCUT2D eigenvalue weighted by atomic mass is 16.6. The lowest BCUT2D eigenvalue weighted by Gasteiger charge is -2.20. The summed E-state index contributed by atoms with van der Waals surface area (Å²) in [5, 5.41) is 45.4. The number of carbonyl (C=O) groups is 2. The molecule has 1 aromatic rings. The van der Waals surface area contributed by atoms with Crippen LogP contribution in [0, 0.1) is 0 Å². The Hall–Kier alpha value is -2.40. The second-order valence-electron chi connectivity index (χ2n) is 4.14. The number of carboxylic acids is 1. The number of esters is 1. The zero-order valence-corrected chi connectivity index (χ0v) is 11.2. The fourth-order valence-electron chi connectivity index (χ4n) is 1.47. The van der Waals surface area contributed by atoms with Crippen LogP contribution in [0.25, 0.3) is 0 Å². The Kier molecular flexibility index (Phi) is 7.25. The number of nitrogens with two attached hydrogens (primary N) is 1. The Morgan fingerprint density at radius 2 is 1.73 bits per heavy atom. The Labute approximate surface area is 124 Å². The van der Waals surface area contributed by atoms with Crippen LogP contribution in [0.4, 0.5) is 0 Å². The van der Waals surface area contributed by atoms with Gasteiger partial charge in [0.1, 0.15) is 6.10 Å². The number of carbonyl (C=O) groups excluding carboxylic acids is 1. The molecular weight excluding hydrogens is 302 g/mol. The SMILES string of the molecule is NCC(OC(=O)C(O)C(O)C(=O)O)c1ccc(O)c(O)c1.O. The van der Waals surface area contributed by atoms with Crippen molar-refractivity contribution >= 4 is 11.9 Å². The quantitative estimate of drug-likeness (QED) is 0.244. The second-order valence-corrected chi connectivity index (χ2v) is 4.14. The molecule has 3 atom stereocenters. The Morgan fingerprint density at radius 1 is 1.14 bits per heavy atom. The average molecular weight is 319 g/mol. The number of hydrogen-bond donors (Lipinski definition) is 6. The molecule has 0 spiro atoms. The standard InChI is InChI=1S/C12H15NO8.H2O/c13-4-8(5-1-2-6(14)7(15)3-5)21-12(20)10(17)9(16)11(18)19;/h1-3,8-10,14-17H,4,13H2,(H,18,19);1H2. The van der Waals surface area contributed by atoms with Gasteiger partial charge in [-0.05, 0) is 17.7 Å². The maximum Gasteiger partial charge on any atom is 0.339 e. The van der Waals surface area contributed by atoms with Gasteiger partial charge in [0, 0.05) is 6.54 Å². The number of aliphatic carboxylic acids is 1. The van der Waals surface area contributed by atoms with Gasteiger partial charge in [-0.3, -0.25) is 0 Å². The summed E-state index contributed by atoms with van der Waals surface area (Å²) >= 11 is 0. The fraction of sp³-hybridized carbons (Fsp3) is 0.333. The van der Waals surface area contributed by atoms with Crippen LogP contribution >= 0.6 is 0 Å². The van der Waals surface area contributed by atoms with Crippen LogP contribution in [-0.4, -0.2) is 61.7 Å². The summed E-state index contributed by atoms with van der Waals surface area (Å²) in [5.41, 5.74) is 5.62. The number of rotatable bonds is 6. The highest BCUT2D eigenvalue weighted by molar-refractivity contribution is 5.84. The van der Waals surface area contributed by atoms with Crippen molar-refractivity contribution in [3.05, 3.63) is 23.8 Å². The summed E-state index contributed by atoms with van der Waals surface area (Å²) in [5.74, 6) is -4.02. The summed E-state index contributed by atoms with van der Waals surface area (Å²) in [6.45, 7) is -0.230. The monoisotopic (exact) mass is 319 g/mol. The summed E-state index contributed by atoms with van der Waals surface area (Å²) < 4.78 is 4.78. The van der Waals surface area contributed by atoms with Crippen LogP contribution in [0.15, 0.2) is 18.2 Å². The molecule has 0 radical (unpaired) electrons. The van der Waals surface area contributed by atoms with Crippen LogP contribution in [0.1, 0.15) is 11.7 Å². The maximum absolute atomic E-state index is 11.5. The highest BCUT2D eigenvalue weighted by Gasteiger charge is 2.33. The van der Waals surface area contributed by atoms with E-state index in [4.69, 9.17) is 20.7 Å². The number of phenolic OH excluding ortho intramolecular Hbond substituents is 2. The van der Waals surface area contributed by atoms with Crippen molar-refractivity contribution in [2.45, 2.75) is 18.3 Å². The van der Waals surface area contributed by atoms with Crippen LogP contribution in [0.2, 0.25) is 0 Å². The largest absolute Gasteiger partial charge is 0.504 e. The minimum absolute atomic E-state index is 0. The highest BCUT2D eigenvalue weighted by Crippen LogP contribution is 2.29. The van der Waals surface area contributed by atoms with Gasteiger partial charge in [0.25, 0.3) is 0 Å². The molecule has 0 saturated heterocycles. The molecule has 0 aromatic heterocycles. The van der Waals surface area contributed by atoms with Gasteiger partial charge >= 0.3 is 11.9 Å². The topological polar surface area (TPSA) is 202 Å². The number of phenols is 2. The van der Waals surface area contributed by atoms with E-state index >= 15 is 0 Å². The molecule has 10 nitrogen and oxygen atoms in total. The maximum atomic E-state index is 11.5. The lowest BCUT2D eigenvalue weighted by Crippen LogP contribution is -2.41. The molecule has 22 heavy (non-hydrogen) atoms. The first-order valence-corrected chi connectivity index (χ1v) is 5.79. The summed E-state index contributed by atoms with van der Waals surface area (Å²) in [7, 11) is 0. The number of aliphatic hydroxyl groups is 2. The first-order chi connectivity index (χ1) is 9.77. The van der Waals surface area contributed by atoms with E-state index in [9.17, 15) is 24.9 Å². The van der Waals surface area contributed by atoms with E-state index in [1.165, 1.54) is 6.07 Å². The van der Waals surface area contributed by atoms with Crippen LogP contribution < -0.4 is 5.73 Å². The minimum atomic E-state index is -2.33. The average Bonchev–Trinajstić information content (AvgIpc) is 2.45. The van der Waals surface area contributed by atoms with Gasteiger partial charge in [-0.2, -0.15) is 0 Å². The van der Waals surface area contributed by atoms with E-state index in [1.54, 1.807) is 0 Å². The predicted octanol–water partition coefficient (Wildman–Crippen LogP) is -2.38. The molecule has 0 amide bonds. The van der Waals surface area contributed by atoms with Gasteiger partial charge in [-0.25, -0.2) is 9.59 Å². The fourth-order valence-corrected chi connectivity index (χ4v) is 1.47. The van der Waals surface area contributed by atoms with Crippen LogP contribution in [0.5, 0.6) is 11.5 Å². The van der Waals surface area contributed by atoms with Crippen molar-refractivity contribution in [2.24, 2.45) is 5.73 Å². The van der Waals surface area contributed by atoms with Gasteiger partial charge in [0.15, 0.2) is 23.7 Å². The number of aromatic hydroxyl groups is 2. The second kappa shape index (κ2) is 8.14. The van der Waals surface area contributed by atoms with Gasteiger partial charge in [-0.1, -0.05) is 6.07 Å². The van der Waals surface area contributed by atoms with Crippen molar-refractivity contribution in [3.8, 4) is 11.5 Å². The molecule has 1 aromatic carbocycles.